The van der Waals surface area contributed by atoms with Crippen molar-refractivity contribution in [2.24, 2.45) is 11.8 Å². The van der Waals surface area contributed by atoms with E-state index in [0.29, 0.717) is 24.7 Å². The SMILES string of the molecule is O=C(CCl)Nc1cccc(N2CC3C(C2)C3(F)F)n1. The first kappa shape index (κ1) is 12.6. The zero-order valence-corrected chi connectivity index (χ0v) is 10.7. The number of nitrogens with zero attached hydrogens (tertiary/aromatic N) is 2. The average Bonchev–Trinajstić information content (AvgIpc) is 2.80. The van der Waals surface area contributed by atoms with Gasteiger partial charge >= 0.3 is 0 Å². The van der Waals surface area contributed by atoms with Crippen LogP contribution in [-0.4, -0.2) is 35.8 Å². The first-order valence-corrected chi connectivity index (χ1v) is 6.51. The molecule has 1 saturated heterocycles. The van der Waals surface area contributed by atoms with Crippen molar-refractivity contribution < 1.29 is 13.6 Å². The number of piperidine rings is 1. The highest BCUT2D eigenvalue weighted by Crippen LogP contribution is 2.59. The number of carbonyl (C=O) groups is 1. The molecule has 0 aromatic carbocycles. The van der Waals surface area contributed by atoms with Gasteiger partial charge in [0.2, 0.25) is 5.91 Å². The van der Waals surface area contributed by atoms with E-state index in [1.54, 1.807) is 18.2 Å². The molecule has 3 rings (SSSR count). The zero-order chi connectivity index (χ0) is 13.6. The molecule has 1 amide bonds. The molecule has 19 heavy (non-hydrogen) atoms. The summed E-state index contributed by atoms with van der Waals surface area (Å²) >= 11 is 5.39. The van der Waals surface area contributed by atoms with E-state index in [1.807, 2.05) is 4.90 Å². The average molecular weight is 288 g/mol. The lowest BCUT2D eigenvalue weighted by atomic mass is 10.3. The summed E-state index contributed by atoms with van der Waals surface area (Å²) in [4.78, 5) is 17.2. The predicted molar refractivity (Wildman–Crippen MR) is 67.7 cm³/mol. The summed E-state index contributed by atoms with van der Waals surface area (Å²) in [6.07, 6.45) is 0. The molecule has 0 spiro atoms. The Labute approximate surface area is 113 Å². The van der Waals surface area contributed by atoms with Gasteiger partial charge < -0.3 is 10.2 Å². The van der Waals surface area contributed by atoms with E-state index >= 15 is 0 Å². The van der Waals surface area contributed by atoms with Gasteiger partial charge in [-0.25, -0.2) is 13.8 Å². The minimum Gasteiger partial charge on any atom is -0.356 e. The highest BCUT2D eigenvalue weighted by Gasteiger charge is 2.71. The predicted octanol–water partition coefficient (Wildman–Crippen LogP) is 1.96. The first-order chi connectivity index (χ1) is 9.02. The van der Waals surface area contributed by atoms with Gasteiger partial charge in [-0.05, 0) is 12.1 Å². The number of alkyl halides is 3. The van der Waals surface area contributed by atoms with Crippen molar-refractivity contribution in [1.29, 1.82) is 0 Å². The molecule has 1 N–H and O–H groups in total. The molecule has 4 nitrogen and oxygen atoms in total. The molecule has 2 fully saturated rings. The van der Waals surface area contributed by atoms with Crippen LogP contribution in [0.1, 0.15) is 0 Å². The van der Waals surface area contributed by atoms with Gasteiger partial charge in [-0.3, -0.25) is 4.79 Å². The fourth-order valence-corrected chi connectivity index (χ4v) is 2.61. The second-order valence-corrected chi connectivity index (χ2v) is 5.12. The van der Waals surface area contributed by atoms with E-state index in [4.69, 9.17) is 11.6 Å². The molecule has 0 bridgehead atoms. The van der Waals surface area contributed by atoms with Crippen LogP contribution in [0.5, 0.6) is 0 Å². The zero-order valence-electron chi connectivity index (χ0n) is 9.94. The summed E-state index contributed by atoms with van der Waals surface area (Å²) in [7, 11) is 0. The van der Waals surface area contributed by atoms with E-state index in [0.717, 1.165) is 0 Å². The van der Waals surface area contributed by atoms with Crippen molar-refractivity contribution >= 4 is 29.1 Å². The molecular weight excluding hydrogens is 276 g/mol. The Morgan fingerprint density at radius 2 is 2.16 bits per heavy atom. The lowest BCUT2D eigenvalue weighted by Crippen LogP contribution is -2.28. The van der Waals surface area contributed by atoms with Crippen LogP contribution in [0, 0.1) is 11.8 Å². The summed E-state index contributed by atoms with van der Waals surface area (Å²) in [5.74, 6) is -3.09. The van der Waals surface area contributed by atoms with Crippen LogP contribution in [-0.2, 0) is 4.79 Å². The quantitative estimate of drug-likeness (QED) is 0.865. The summed E-state index contributed by atoms with van der Waals surface area (Å²) < 4.78 is 26.2. The van der Waals surface area contributed by atoms with Crippen LogP contribution in [0.15, 0.2) is 18.2 Å². The van der Waals surface area contributed by atoms with E-state index in [1.165, 1.54) is 0 Å². The molecule has 1 aromatic heterocycles. The minimum atomic E-state index is -2.50. The maximum Gasteiger partial charge on any atom is 0.258 e. The Hall–Kier alpha value is -1.43. The Balaban J connectivity index is 1.70. The number of nitrogens with one attached hydrogen (secondary N) is 1. The van der Waals surface area contributed by atoms with Gasteiger partial charge in [0.05, 0.1) is 11.8 Å². The van der Waals surface area contributed by atoms with Gasteiger partial charge in [0, 0.05) is 13.1 Å². The molecule has 2 unspecified atom stereocenters. The number of hydrogen-bond donors (Lipinski definition) is 1. The van der Waals surface area contributed by atoms with E-state index in [9.17, 15) is 13.6 Å². The minimum absolute atomic E-state index is 0.147. The van der Waals surface area contributed by atoms with Crippen molar-refractivity contribution in [2.45, 2.75) is 5.92 Å². The van der Waals surface area contributed by atoms with Crippen LogP contribution < -0.4 is 10.2 Å². The Morgan fingerprint density at radius 1 is 1.47 bits per heavy atom. The fraction of sp³-hybridized carbons (Fsp3) is 0.500. The van der Waals surface area contributed by atoms with Crippen LogP contribution in [0.2, 0.25) is 0 Å². The molecule has 2 atom stereocenters. The Morgan fingerprint density at radius 3 is 2.79 bits per heavy atom. The van der Waals surface area contributed by atoms with Crippen molar-refractivity contribution in [3.05, 3.63) is 18.2 Å². The largest absolute Gasteiger partial charge is 0.356 e. The third kappa shape index (κ3) is 2.14. The van der Waals surface area contributed by atoms with Crippen molar-refractivity contribution in [1.82, 2.24) is 4.98 Å². The van der Waals surface area contributed by atoms with Gasteiger partial charge in [0.25, 0.3) is 5.92 Å². The third-order valence-electron chi connectivity index (χ3n) is 3.65. The van der Waals surface area contributed by atoms with Crippen LogP contribution in [0.25, 0.3) is 0 Å². The van der Waals surface area contributed by atoms with Crippen molar-refractivity contribution in [2.75, 3.05) is 29.2 Å². The number of pyridine rings is 1. The maximum atomic E-state index is 13.1. The third-order valence-corrected chi connectivity index (χ3v) is 3.89. The number of carbonyl (C=O) groups excluding carboxylic acids is 1. The second-order valence-electron chi connectivity index (χ2n) is 4.86. The van der Waals surface area contributed by atoms with Crippen LogP contribution in [0.3, 0.4) is 0 Å². The fourth-order valence-electron chi connectivity index (χ4n) is 2.54. The topological polar surface area (TPSA) is 45.2 Å². The highest BCUT2D eigenvalue weighted by molar-refractivity contribution is 6.29. The number of fused-ring (bicyclic) bond motifs is 1. The molecule has 2 aliphatic rings. The van der Waals surface area contributed by atoms with E-state index < -0.39 is 17.8 Å². The summed E-state index contributed by atoms with van der Waals surface area (Å²) in [6.45, 7) is 0.634. The Kier molecular flexibility index (Phi) is 2.85. The van der Waals surface area contributed by atoms with E-state index in [2.05, 4.69) is 10.3 Å². The molecule has 1 aliphatic carbocycles. The maximum absolute atomic E-state index is 13.1. The van der Waals surface area contributed by atoms with Gasteiger partial charge in [0.1, 0.15) is 17.5 Å². The smallest absolute Gasteiger partial charge is 0.258 e. The highest BCUT2D eigenvalue weighted by atomic mass is 35.5. The molecule has 1 aliphatic heterocycles. The van der Waals surface area contributed by atoms with Crippen molar-refractivity contribution in [3.8, 4) is 0 Å². The first-order valence-electron chi connectivity index (χ1n) is 5.98. The van der Waals surface area contributed by atoms with Crippen molar-refractivity contribution in [3.63, 3.8) is 0 Å². The summed E-state index contributed by atoms with van der Waals surface area (Å²) in [6, 6.07) is 5.12. The summed E-state index contributed by atoms with van der Waals surface area (Å²) in [5, 5.41) is 2.54. The van der Waals surface area contributed by atoms with Gasteiger partial charge in [-0.1, -0.05) is 6.07 Å². The lowest BCUT2D eigenvalue weighted by molar-refractivity contribution is -0.113. The number of rotatable bonds is 3. The molecule has 1 saturated carbocycles. The molecular formula is C12H12ClF2N3O. The summed E-state index contributed by atoms with van der Waals surface area (Å²) in [5.41, 5.74) is 0. The Bertz CT molecular complexity index is 511. The second kappa shape index (κ2) is 4.30. The number of hydrogen-bond acceptors (Lipinski definition) is 3. The number of halogens is 3. The van der Waals surface area contributed by atoms with Crippen LogP contribution in [0.4, 0.5) is 20.4 Å². The molecule has 102 valence electrons. The number of amides is 1. The molecule has 1 aromatic rings. The number of aromatic nitrogens is 1. The molecule has 2 heterocycles. The lowest BCUT2D eigenvalue weighted by Gasteiger charge is -2.21. The monoisotopic (exact) mass is 287 g/mol. The van der Waals surface area contributed by atoms with Gasteiger partial charge in [-0.15, -0.1) is 11.6 Å². The molecule has 7 heteroatoms. The standard InChI is InChI=1S/C12H12ClF2N3O/c13-4-11(19)17-9-2-1-3-10(16-9)18-5-7-8(6-18)12(7,14)15/h1-3,7-8H,4-6H2,(H,16,17,19). The normalized spacial score (nSPS) is 27.0. The van der Waals surface area contributed by atoms with Crippen LogP contribution >= 0.6 is 11.6 Å². The molecule has 0 radical (unpaired) electrons. The van der Waals surface area contributed by atoms with E-state index in [-0.39, 0.29) is 11.8 Å². The number of anilines is 2. The van der Waals surface area contributed by atoms with Gasteiger partial charge in [0.15, 0.2) is 0 Å². The van der Waals surface area contributed by atoms with Gasteiger partial charge in [-0.2, -0.15) is 0 Å².